The second kappa shape index (κ2) is 4.59. The summed E-state index contributed by atoms with van der Waals surface area (Å²) in [7, 11) is 0. The van der Waals surface area contributed by atoms with Gasteiger partial charge in [0.15, 0.2) is 0 Å². The van der Waals surface area contributed by atoms with Gasteiger partial charge in [-0.25, -0.2) is 9.18 Å². The standard InChI is InChI=1S/C9H18FN3O/c1-6(2)8(11)3-12-9(14)13-4-7(10)5-13/h6-8H,3-5,11H2,1-2H3,(H,12,14). The molecule has 1 heterocycles. The molecule has 0 bridgehead atoms. The molecular weight excluding hydrogens is 185 g/mol. The van der Waals surface area contributed by atoms with E-state index in [1.165, 1.54) is 4.90 Å². The third-order valence-electron chi connectivity index (χ3n) is 2.47. The second-order valence-electron chi connectivity index (χ2n) is 4.10. The number of hydrogen-bond acceptors (Lipinski definition) is 2. The van der Waals surface area contributed by atoms with E-state index in [0.717, 1.165) is 0 Å². The van der Waals surface area contributed by atoms with Gasteiger partial charge in [0.25, 0.3) is 0 Å². The van der Waals surface area contributed by atoms with Crippen molar-refractivity contribution in [3.8, 4) is 0 Å². The van der Waals surface area contributed by atoms with Gasteiger partial charge in [0, 0.05) is 12.6 Å². The maximum absolute atomic E-state index is 12.4. The molecule has 0 radical (unpaired) electrons. The van der Waals surface area contributed by atoms with Crippen LogP contribution in [0.4, 0.5) is 9.18 Å². The molecule has 14 heavy (non-hydrogen) atoms. The van der Waals surface area contributed by atoms with E-state index in [1.54, 1.807) is 0 Å². The Morgan fingerprint density at radius 2 is 2.21 bits per heavy atom. The first-order valence-corrected chi connectivity index (χ1v) is 4.93. The fraction of sp³-hybridized carbons (Fsp3) is 0.889. The van der Waals surface area contributed by atoms with Crippen LogP contribution in [-0.4, -0.2) is 42.8 Å². The Labute approximate surface area is 83.6 Å². The first kappa shape index (κ1) is 11.2. The fourth-order valence-electron chi connectivity index (χ4n) is 1.14. The quantitative estimate of drug-likeness (QED) is 0.694. The van der Waals surface area contributed by atoms with Crippen molar-refractivity contribution in [2.45, 2.75) is 26.1 Å². The number of nitrogens with two attached hydrogens (primary N) is 1. The van der Waals surface area contributed by atoms with Gasteiger partial charge in [-0.05, 0) is 5.92 Å². The molecule has 0 saturated carbocycles. The van der Waals surface area contributed by atoms with E-state index in [9.17, 15) is 9.18 Å². The number of alkyl halides is 1. The highest BCUT2D eigenvalue weighted by molar-refractivity contribution is 5.75. The lowest BCUT2D eigenvalue weighted by molar-refractivity contribution is 0.0895. The highest BCUT2D eigenvalue weighted by Crippen LogP contribution is 2.10. The number of rotatable bonds is 3. The maximum atomic E-state index is 12.4. The minimum Gasteiger partial charge on any atom is -0.336 e. The van der Waals surface area contributed by atoms with Crippen LogP contribution >= 0.6 is 0 Å². The van der Waals surface area contributed by atoms with Crippen LogP contribution in [0.5, 0.6) is 0 Å². The monoisotopic (exact) mass is 203 g/mol. The number of nitrogens with one attached hydrogen (secondary N) is 1. The first-order chi connectivity index (χ1) is 6.50. The Morgan fingerprint density at radius 1 is 1.64 bits per heavy atom. The minimum atomic E-state index is -0.848. The van der Waals surface area contributed by atoms with Gasteiger partial charge < -0.3 is 16.0 Å². The molecule has 1 atom stereocenters. The van der Waals surface area contributed by atoms with Gasteiger partial charge in [-0.2, -0.15) is 0 Å². The molecule has 82 valence electrons. The van der Waals surface area contributed by atoms with Crippen molar-refractivity contribution in [2.24, 2.45) is 11.7 Å². The van der Waals surface area contributed by atoms with E-state index in [2.05, 4.69) is 5.32 Å². The van der Waals surface area contributed by atoms with Crippen molar-refractivity contribution in [3.63, 3.8) is 0 Å². The molecule has 5 heteroatoms. The molecule has 0 aromatic heterocycles. The summed E-state index contributed by atoms with van der Waals surface area (Å²) >= 11 is 0. The zero-order chi connectivity index (χ0) is 10.7. The van der Waals surface area contributed by atoms with Crippen LogP contribution < -0.4 is 11.1 Å². The van der Waals surface area contributed by atoms with Crippen LogP contribution in [0.15, 0.2) is 0 Å². The van der Waals surface area contributed by atoms with Crippen LogP contribution in [0.25, 0.3) is 0 Å². The van der Waals surface area contributed by atoms with Crippen molar-refractivity contribution in [2.75, 3.05) is 19.6 Å². The average molecular weight is 203 g/mol. The molecule has 0 aliphatic carbocycles. The molecule has 4 nitrogen and oxygen atoms in total. The molecule has 1 aliphatic rings. The molecule has 0 aromatic rings. The van der Waals surface area contributed by atoms with Crippen molar-refractivity contribution in [1.82, 2.24) is 10.2 Å². The molecule has 1 rings (SSSR count). The molecule has 2 amide bonds. The zero-order valence-electron chi connectivity index (χ0n) is 8.66. The first-order valence-electron chi connectivity index (χ1n) is 4.93. The summed E-state index contributed by atoms with van der Waals surface area (Å²) in [6.07, 6.45) is -0.848. The summed E-state index contributed by atoms with van der Waals surface area (Å²) in [4.78, 5) is 12.7. The normalized spacial score (nSPS) is 19.4. The van der Waals surface area contributed by atoms with Gasteiger partial charge in [-0.15, -0.1) is 0 Å². The van der Waals surface area contributed by atoms with Crippen molar-refractivity contribution in [1.29, 1.82) is 0 Å². The van der Waals surface area contributed by atoms with E-state index in [-0.39, 0.29) is 25.2 Å². The minimum absolute atomic E-state index is 0.0404. The van der Waals surface area contributed by atoms with Gasteiger partial charge in [-0.3, -0.25) is 0 Å². The van der Waals surface area contributed by atoms with Gasteiger partial charge in [-0.1, -0.05) is 13.8 Å². The van der Waals surface area contributed by atoms with Gasteiger partial charge in [0.05, 0.1) is 13.1 Å². The summed E-state index contributed by atoms with van der Waals surface area (Å²) in [5, 5.41) is 2.68. The number of carbonyl (C=O) groups is 1. The van der Waals surface area contributed by atoms with Crippen LogP contribution in [0, 0.1) is 5.92 Å². The Balaban J connectivity index is 2.15. The number of halogens is 1. The van der Waals surface area contributed by atoms with Gasteiger partial charge >= 0.3 is 6.03 Å². The highest BCUT2D eigenvalue weighted by atomic mass is 19.1. The summed E-state index contributed by atoms with van der Waals surface area (Å²) in [5.74, 6) is 0.334. The predicted octanol–water partition coefficient (Wildman–Crippen LogP) is 0.333. The molecule has 1 fully saturated rings. The third-order valence-corrected chi connectivity index (χ3v) is 2.47. The van der Waals surface area contributed by atoms with Crippen LogP contribution in [0.2, 0.25) is 0 Å². The number of hydrogen-bond donors (Lipinski definition) is 2. The summed E-state index contributed by atoms with van der Waals surface area (Å²) in [5.41, 5.74) is 5.74. The number of urea groups is 1. The molecule has 0 aromatic carbocycles. The lowest BCUT2D eigenvalue weighted by Crippen LogP contribution is -2.56. The highest BCUT2D eigenvalue weighted by Gasteiger charge is 2.30. The molecular formula is C9H18FN3O. The average Bonchev–Trinajstić information content (AvgIpc) is 2.08. The van der Waals surface area contributed by atoms with Gasteiger partial charge in [0.2, 0.25) is 0 Å². The van der Waals surface area contributed by atoms with E-state index in [0.29, 0.717) is 12.5 Å². The number of carbonyl (C=O) groups excluding carboxylic acids is 1. The lowest BCUT2D eigenvalue weighted by atomic mass is 10.1. The molecule has 1 aliphatic heterocycles. The van der Waals surface area contributed by atoms with Gasteiger partial charge in [0.1, 0.15) is 6.17 Å². The van der Waals surface area contributed by atoms with E-state index in [1.807, 2.05) is 13.8 Å². The topological polar surface area (TPSA) is 58.4 Å². The molecule has 0 spiro atoms. The Morgan fingerprint density at radius 3 is 2.64 bits per heavy atom. The number of likely N-dealkylation sites (tertiary alicyclic amines) is 1. The molecule has 3 N–H and O–H groups in total. The number of nitrogens with zero attached hydrogens (tertiary/aromatic N) is 1. The summed E-state index contributed by atoms with van der Waals surface area (Å²) in [6, 6.07) is -0.253. The number of amides is 2. The zero-order valence-corrected chi connectivity index (χ0v) is 8.66. The SMILES string of the molecule is CC(C)C(N)CNC(=O)N1CC(F)C1. The second-order valence-corrected chi connectivity index (χ2v) is 4.10. The van der Waals surface area contributed by atoms with Crippen LogP contribution in [0.3, 0.4) is 0 Å². The third kappa shape index (κ3) is 2.83. The molecule has 1 saturated heterocycles. The van der Waals surface area contributed by atoms with E-state index in [4.69, 9.17) is 5.73 Å². The van der Waals surface area contributed by atoms with Crippen LogP contribution in [-0.2, 0) is 0 Å². The van der Waals surface area contributed by atoms with Crippen LogP contribution in [0.1, 0.15) is 13.8 Å². The Hall–Kier alpha value is -0.840. The lowest BCUT2D eigenvalue weighted by Gasteiger charge is -2.34. The maximum Gasteiger partial charge on any atom is 0.317 e. The van der Waals surface area contributed by atoms with E-state index >= 15 is 0 Å². The van der Waals surface area contributed by atoms with Crippen molar-refractivity contribution in [3.05, 3.63) is 0 Å². The van der Waals surface area contributed by atoms with Crippen molar-refractivity contribution < 1.29 is 9.18 Å². The largest absolute Gasteiger partial charge is 0.336 e. The van der Waals surface area contributed by atoms with E-state index < -0.39 is 6.17 Å². The summed E-state index contributed by atoms with van der Waals surface area (Å²) < 4.78 is 12.4. The predicted molar refractivity (Wildman–Crippen MR) is 52.7 cm³/mol. The Kier molecular flexibility index (Phi) is 3.69. The smallest absolute Gasteiger partial charge is 0.317 e. The fourth-order valence-corrected chi connectivity index (χ4v) is 1.14. The molecule has 1 unspecified atom stereocenters. The summed E-state index contributed by atoms with van der Waals surface area (Å²) in [6.45, 7) is 4.87. The Bertz CT molecular complexity index is 204. The van der Waals surface area contributed by atoms with Crippen molar-refractivity contribution >= 4 is 6.03 Å².